The average Bonchev–Trinajstić information content (AvgIpc) is 2.43. The van der Waals surface area contributed by atoms with Gasteiger partial charge in [-0.15, -0.1) is 0 Å². The molecule has 0 aromatic carbocycles. The molecule has 0 bridgehead atoms. The molecule has 0 spiro atoms. The third kappa shape index (κ3) is 3.97. The van der Waals surface area contributed by atoms with Crippen LogP contribution in [-0.2, 0) is 4.79 Å². The Balaban J connectivity index is 2.42. The normalized spacial score (nSPS) is 19.2. The van der Waals surface area contributed by atoms with Gasteiger partial charge in [-0.1, -0.05) is 0 Å². The number of nitriles is 1. The fourth-order valence-corrected chi connectivity index (χ4v) is 2.33. The van der Waals surface area contributed by atoms with Crippen LogP contribution in [0.5, 0.6) is 0 Å². The standard InChI is InChI=1S/C13H23N3O2/c1-11(13(18)15(2)7-3-6-14)16-8-4-12(10-17)5-9-16/h11-12,17H,3-5,7-10H2,1-2H3. The molecule has 1 atom stereocenters. The van der Waals surface area contributed by atoms with E-state index in [1.807, 2.05) is 6.92 Å². The minimum absolute atomic E-state index is 0.0766. The smallest absolute Gasteiger partial charge is 0.239 e. The van der Waals surface area contributed by atoms with Gasteiger partial charge in [0.1, 0.15) is 0 Å². The van der Waals surface area contributed by atoms with Crippen molar-refractivity contribution in [2.45, 2.75) is 32.2 Å². The molecule has 0 aliphatic carbocycles. The van der Waals surface area contributed by atoms with Gasteiger partial charge in [-0.2, -0.15) is 5.26 Å². The quantitative estimate of drug-likeness (QED) is 0.772. The molecule has 0 aromatic heterocycles. The molecular weight excluding hydrogens is 230 g/mol. The van der Waals surface area contributed by atoms with Gasteiger partial charge in [0.2, 0.25) is 5.91 Å². The number of hydrogen-bond acceptors (Lipinski definition) is 4. The molecule has 1 fully saturated rings. The van der Waals surface area contributed by atoms with Crippen LogP contribution in [0.2, 0.25) is 0 Å². The number of aliphatic hydroxyl groups is 1. The summed E-state index contributed by atoms with van der Waals surface area (Å²) in [5.41, 5.74) is 0. The Kier molecular flexibility index (Phi) is 6.10. The first kappa shape index (κ1) is 14.9. The number of hydrogen-bond donors (Lipinski definition) is 1. The number of amides is 1. The molecule has 0 saturated carbocycles. The van der Waals surface area contributed by atoms with Crippen molar-refractivity contribution in [1.82, 2.24) is 9.80 Å². The summed E-state index contributed by atoms with van der Waals surface area (Å²) < 4.78 is 0. The highest BCUT2D eigenvalue weighted by molar-refractivity contribution is 5.81. The van der Waals surface area contributed by atoms with Crippen molar-refractivity contribution < 1.29 is 9.90 Å². The Hall–Kier alpha value is -1.12. The molecule has 1 rings (SSSR count). The zero-order chi connectivity index (χ0) is 13.5. The van der Waals surface area contributed by atoms with Crippen LogP contribution in [0.15, 0.2) is 0 Å². The number of aliphatic hydroxyl groups excluding tert-OH is 1. The number of rotatable bonds is 5. The topological polar surface area (TPSA) is 67.6 Å². The Bertz CT molecular complexity index is 306. The van der Waals surface area contributed by atoms with Crippen LogP contribution in [0.4, 0.5) is 0 Å². The number of carbonyl (C=O) groups is 1. The van der Waals surface area contributed by atoms with E-state index in [9.17, 15) is 4.79 Å². The summed E-state index contributed by atoms with van der Waals surface area (Å²) in [6.07, 6.45) is 2.29. The van der Waals surface area contributed by atoms with E-state index in [4.69, 9.17) is 10.4 Å². The molecule has 102 valence electrons. The van der Waals surface area contributed by atoms with E-state index >= 15 is 0 Å². The van der Waals surface area contributed by atoms with Gasteiger partial charge in [-0.25, -0.2) is 0 Å². The van der Waals surface area contributed by atoms with Gasteiger partial charge in [-0.05, 0) is 38.8 Å². The Morgan fingerprint density at radius 2 is 2.17 bits per heavy atom. The van der Waals surface area contributed by atoms with Crippen molar-refractivity contribution in [2.24, 2.45) is 5.92 Å². The molecule has 1 heterocycles. The molecular formula is C13H23N3O2. The van der Waals surface area contributed by atoms with Gasteiger partial charge in [0.15, 0.2) is 0 Å². The first-order valence-electron chi connectivity index (χ1n) is 6.57. The van der Waals surface area contributed by atoms with Crippen molar-refractivity contribution in [1.29, 1.82) is 5.26 Å². The van der Waals surface area contributed by atoms with Crippen LogP contribution in [0.25, 0.3) is 0 Å². The van der Waals surface area contributed by atoms with Gasteiger partial charge < -0.3 is 10.0 Å². The van der Waals surface area contributed by atoms with Crippen LogP contribution < -0.4 is 0 Å². The largest absolute Gasteiger partial charge is 0.396 e. The molecule has 18 heavy (non-hydrogen) atoms. The van der Waals surface area contributed by atoms with E-state index in [0.29, 0.717) is 18.9 Å². The lowest BCUT2D eigenvalue weighted by Gasteiger charge is -2.36. The number of carbonyl (C=O) groups excluding carboxylic acids is 1. The first-order valence-corrected chi connectivity index (χ1v) is 6.57. The molecule has 0 aromatic rings. The van der Waals surface area contributed by atoms with Crippen molar-refractivity contribution in [3.05, 3.63) is 0 Å². The highest BCUT2D eigenvalue weighted by Crippen LogP contribution is 2.18. The second-order valence-electron chi connectivity index (χ2n) is 5.01. The van der Waals surface area contributed by atoms with E-state index in [0.717, 1.165) is 25.9 Å². The molecule has 1 amide bonds. The van der Waals surface area contributed by atoms with E-state index in [1.54, 1.807) is 11.9 Å². The highest BCUT2D eigenvalue weighted by atomic mass is 16.3. The van der Waals surface area contributed by atoms with E-state index < -0.39 is 0 Å². The summed E-state index contributed by atoms with van der Waals surface area (Å²) in [5.74, 6) is 0.465. The Morgan fingerprint density at radius 1 is 1.56 bits per heavy atom. The molecule has 1 saturated heterocycles. The minimum Gasteiger partial charge on any atom is -0.396 e. The lowest BCUT2D eigenvalue weighted by molar-refractivity contribution is -0.135. The maximum absolute atomic E-state index is 12.1. The number of nitrogens with zero attached hydrogens (tertiary/aromatic N) is 3. The van der Waals surface area contributed by atoms with Crippen molar-refractivity contribution in [2.75, 3.05) is 33.3 Å². The summed E-state index contributed by atoms with van der Waals surface area (Å²) in [6, 6.07) is 1.92. The maximum atomic E-state index is 12.1. The third-order valence-corrected chi connectivity index (χ3v) is 3.75. The molecule has 0 radical (unpaired) electrons. The summed E-state index contributed by atoms with van der Waals surface area (Å²) in [4.78, 5) is 15.9. The number of likely N-dealkylation sites (N-methyl/N-ethyl adjacent to an activating group) is 1. The van der Waals surface area contributed by atoms with E-state index in [1.165, 1.54) is 0 Å². The molecule has 5 heteroatoms. The lowest BCUT2D eigenvalue weighted by Crippen LogP contribution is -2.49. The average molecular weight is 253 g/mol. The second-order valence-corrected chi connectivity index (χ2v) is 5.01. The predicted octanol–water partition coefficient (Wildman–Crippen LogP) is 0.451. The Labute approximate surface area is 109 Å². The predicted molar refractivity (Wildman–Crippen MR) is 68.7 cm³/mol. The number of likely N-dealkylation sites (tertiary alicyclic amines) is 1. The van der Waals surface area contributed by atoms with Crippen LogP contribution >= 0.6 is 0 Å². The SMILES string of the molecule is CC(C(=O)N(C)CCC#N)N1CCC(CO)CC1. The number of piperidine rings is 1. The van der Waals surface area contributed by atoms with Crippen LogP contribution in [0, 0.1) is 17.2 Å². The fourth-order valence-electron chi connectivity index (χ4n) is 2.33. The summed E-state index contributed by atoms with van der Waals surface area (Å²) >= 11 is 0. The Morgan fingerprint density at radius 3 is 2.67 bits per heavy atom. The van der Waals surface area contributed by atoms with Crippen molar-refractivity contribution >= 4 is 5.91 Å². The summed E-state index contributed by atoms with van der Waals surface area (Å²) in [5, 5.41) is 17.6. The molecule has 1 aliphatic heterocycles. The summed E-state index contributed by atoms with van der Waals surface area (Å²) in [7, 11) is 1.75. The van der Waals surface area contributed by atoms with Crippen LogP contribution in [0.1, 0.15) is 26.2 Å². The molecule has 1 aliphatic rings. The van der Waals surface area contributed by atoms with Gasteiger partial charge in [0.05, 0.1) is 18.5 Å². The van der Waals surface area contributed by atoms with Gasteiger partial charge >= 0.3 is 0 Å². The zero-order valence-corrected chi connectivity index (χ0v) is 11.3. The van der Waals surface area contributed by atoms with Crippen LogP contribution in [-0.4, -0.2) is 60.1 Å². The maximum Gasteiger partial charge on any atom is 0.239 e. The van der Waals surface area contributed by atoms with Gasteiger partial charge in [0, 0.05) is 20.2 Å². The summed E-state index contributed by atoms with van der Waals surface area (Å²) in [6.45, 7) is 4.39. The minimum atomic E-state index is -0.131. The van der Waals surface area contributed by atoms with Crippen molar-refractivity contribution in [3.8, 4) is 6.07 Å². The highest BCUT2D eigenvalue weighted by Gasteiger charge is 2.27. The fraction of sp³-hybridized carbons (Fsp3) is 0.846. The molecule has 1 unspecified atom stereocenters. The van der Waals surface area contributed by atoms with Crippen LogP contribution in [0.3, 0.4) is 0 Å². The first-order chi connectivity index (χ1) is 8.60. The van der Waals surface area contributed by atoms with Gasteiger partial charge in [0.25, 0.3) is 0 Å². The van der Waals surface area contributed by atoms with Crippen molar-refractivity contribution in [3.63, 3.8) is 0 Å². The lowest BCUT2D eigenvalue weighted by atomic mass is 9.97. The van der Waals surface area contributed by atoms with E-state index in [-0.39, 0.29) is 18.6 Å². The van der Waals surface area contributed by atoms with Gasteiger partial charge in [-0.3, -0.25) is 9.69 Å². The second kappa shape index (κ2) is 7.34. The molecule has 1 N–H and O–H groups in total. The molecule has 5 nitrogen and oxygen atoms in total. The third-order valence-electron chi connectivity index (χ3n) is 3.75. The zero-order valence-electron chi connectivity index (χ0n) is 11.3. The monoisotopic (exact) mass is 253 g/mol. The van der Waals surface area contributed by atoms with E-state index in [2.05, 4.69) is 11.0 Å².